The number of ketones is 1. The predicted molar refractivity (Wildman–Crippen MR) is 90.8 cm³/mol. The first kappa shape index (κ1) is 14.9. The molecule has 0 bridgehead atoms. The van der Waals surface area contributed by atoms with Gasteiger partial charge in [-0.25, -0.2) is 4.98 Å². The molecule has 3 aromatic rings. The van der Waals surface area contributed by atoms with Crippen LogP contribution in [-0.2, 0) is 12.8 Å². The highest BCUT2D eigenvalue weighted by Gasteiger charge is 2.10. The van der Waals surface area contributed by atoms with Crippen LogP contribution in [-0.4, -0.2) is 10.8 Å². The molecular formula is C18H14ClNOS. The van der Waals surface area contributed by atoms with Crippen molar-refractivity contribution in [1.29, 1.82) is 0 Å². The number of aromatic nitrogens is 1. The SMILES string of the molecule is O=C(Cc1ncc(Cc2cccc(Cl)c2)s1)c1ccccc1. The normalized spacial score (nSPS) is 10.6. The van der Waals surface area contributed by atoms with Crippen LogP contribution in [0.2, 0.25) is 5.02 Å². The van der Waals surface area contributed by atoms with Crippen molar-refractivity contribution in [2.24, 2.45) is 0 Å². The summed E-state index contributed by atoms with van der Waals surface area (Å²) in [5.41, 5.74) is 1.88. The van der Waals surface area contributed by atoms with E-state index in [-0.39, 0.29) is 5.78 Å². The van der Waals surface area contributed by atoms with E-state index in [2.05, 4.69) is 4.98 Å². The first-order valence-electron chi connectivity index (χ1n) is 6.97. The van der Waals surface area contributed by atoms with Gasteiger partial charge in [-0.05, 0) is 17.7 Å². The minimum Gasteiger partial charge on any atom is -0.294 e. The lowest BCUT2D eigenvalue weighted by Gasteiger charge is -1.99. The van der Waals surface area contributed by atoms with E-state index in [1.807, 2.05) is 60.8 Å². The molecule has 0 aliphatic carbocycles. The van der Waals surface area contributed by atoms with E-state index in [9.17, 15) is 4.79 Å². The van der Waals surface area contributed by atoms with E-state index in [4.69, 9.17) is 11.6 Å². The smallest absolute Gasteiger partial charge is 0.169 e. The maximum Gasteiger partial charge on any atom is 0.169 e. The first-order chi connectivity index (χ1) is 10.7. The number of benzene rings is 2. The lowest BCUT2D eigenvalue weighted by atomic mass is 10.1. The highest BCUT2D eigenvalue weighted by molar-refractivity contribution is 7.11. The van der Waals surface area contributed by atoms with Crippen molar-refractivity contribution in [2.75, 3.05) is 0 Å². The molecule has 0 aliphatic heterocycles. The summed E-state index contributed by atoms with van der Waals surface area (Å²) in [6, 6.07) is 17.1. The number of thiazole rings is 1. The van der Waals surface area contributed by atoms with Gasteiger partial charge in [0, 0.05) is 28.1 Å². The number of Topliss-reactive ketones (excluding diaryl/α,β-unsaturated/α-hetero) is 1. The Morgan fingerprint density at radius 3 is 2.68 bits per heavy atom. The molecule has 2 nitrogen and oxygen atoms in total. The van der Waals surface area contributed by atoms with Gasteiger partial charge in [0.2, 0.25) is 0 Å². The van der Waals surface area contributed by atoms with Crippen molar-refractivity contribution in [3.05, 3.63) is 86.8 Å². The average molecular weight is 328 g/mol. The maximum absolute atomic E-state index is 12.2. The lowest BCUT2D eigenvalue weighted by molar-refractivity contribution is 0.0993. The largest absolute Gasteiger partial charge is 0.294 e. The van der Waals surface area contributed by atoms with Crippen LogP contribution in [0.4, 0.5) is 0 Å². The number of carbonyl (C=O) groups excluding carboxylic acids is 1. The summed E-state index contributed by atoms with van der Waals surface area (Å²) in [6.07, 6.45) is 2.99. The molecule has 2 aromatic carbocycles. The Kier molecular flexibility index (Phi) is 4.66. The number of nitrogens with zero attached hydrogens (tertiary/aromatic N) is 1. The van der Waals surface area contributed by atoms with E-state index < -0.39 is 0 Å². The molecule has 0 saturated carbocycles. The molecular weight excluding hydrogens is 314 g/mol. The van der Waals surface area contributed by atoms with Crippen LogP contribution in [0.5, 0.6) is 0 Å². The van der Waals surface area contributed by atoms with Crippen LogP contribution in [0, 0.1) is 0 Å². The van der Waals surface area contributed by atoms with E-state index in [1.54, 1.807) is 11.3 Å². The number of rotatable bonds is 5. The Hall–Kier alpha value is -1.97. The Balaban J connectivity index is 1.68. The minimum absolute atomic E-state index is 0.101. The van der Waals surface area contributed by atoms with Gasteiger partial charge >= 0.3 is 0 Å². The van der Waals surface area contributed by atoms with E-state index >= 15 is 0 Å². The van der Waals surface area contributed by atoms with Gasteiger partial charge in [-0.3, -0.25) is 4.79 Å². The second kappa shape index (κ2) is 6.86. The van der Waals surface area contributed by atoms with Crippen molar-refractivity contribution < 1.29 is 4.79 Å². The summed E-state index contributed by atoms with van der Waals surface area (Å²) in [4.78, 5) is 17.7. The van der Waals surface area contributed by atoms with Gasteiger partial charge in [-0.2, -0.15) is 0 Å². The Labute approximate surface area is 138 Å². The number of hydrogen-bond donors (Lipinski definition) is 0. The molecule has 3 rings (SSSR count). The second-order valence-electron chi connectivity index (χ2n) is 4.99. The Bertz CT molecular complexity index is 783. The van der Waals surface area contributed by atoms with Crippen LogP contribution < -0.4 is 0 Å². The molecule has 0 amide bonds. The fourth-order valence-electron chi connectivity index (χ4n) is 2.22. The summed E-state index contributed by atoms with van der Waals surface area (Å²) in [5, 5.41) is 1.59. The topological polar surface area (TPSA) is 30.0 Å². The third kappa shape index (κ3) is 3.81. The molecule has 0 atom stereocenters. The zero-order valence-electron chi connectivity index (χ0n) is 11.8. The fraction of sp³-hybridized carbons (Fsp3) is 0.111. The molecule has 0 fully saturated rings. The van der Waals surface area contributed by atoms with Crippen molar-refractivity contribution in [1.82, 2.24) is 4.98 Å². The summed E-state index contributed by atoms with van der Waals surface area (Å²) >= 11 is 7.58. The van der Waals surface area contributed by atoms with Gasteiger partial charge in [-0.15, -0.1) is 11.3 Å². The van der Waals surface area contributed by atoms with Crippen LogP contribution in [0.25, 0.3) is 0 Å². The average Bonchev–Trinajstić information content (AvgIpc) is 2.95. The maximum atomic E-state index is 12.2. The number of carbonyl (C=O) groups is 1. The van der Waals surface area contributed by atoms with Crippen molar-refractivity contribution in [2.45, 2.75) is 12.8 Å². The lowest BCUT2D eigenvalue weighted by Crippen LogP contribution is -2.02. The quantitative estimate of drug-likeness (QED) is 0.629. The second-order valence-corrected chi connectivity index (χ2v) is 6.63. The van der Waals surface area contributed by atoms with Crippen molar-refractivity contribution in [3.63, 3.8) is 0 Å². The predicted octanol–water partition coefficient (Wildman–Crippen LogP) is 4.81. The van der Waals surface area contributed by atoms with Crippen LogP contribution in [0.1, 0.15) is 25.8 Å². The monoisotopic (exact) mass is 327 g/mol. The molecule has 0 saturated heterocycles. The van der Waals surface area contributed by atoms with Crippen LogP contribution in [0.3, 0.4) is 0 Å². The van der Waals surface area contributed by atoms with E-state index in [0.717, 1.165) is 32.5 Å². The summed E-state index contributed by atoms with van der Waals surface area (Å²) < 4.78 is 0. The number of hydrogen-bond acceptors (Lipinski definition) is 3. The van der Waals surface area contributed by atoms with Gasteiger partial charge < -0.3 is 0 Å². The van der Waals surface area contributed by atoms with Gasteiger partial charge in [0.25, 0.3) is 0 Å². The molecule has 1 heterocycles. The third-order valence-corrected chi connectivity index (χ3v) is 4.51. The third-order valence-electron chi connectivity index (χ3n) is 3.28. The molecule has 22 heavy (non-hydrogen) atoms. The van der Waals surface area contributed by atoms with Gasteiger partial charge in [0.15, 0.2) is 5.78 Å². The zero-order chi connectivity index (χ0) is 15.4. The molecule has 1 aromatic heterocycles. The Morgan fingerprint density at radius 1 is 1.09 bits per heavy atom. The van der Waals surface area contributed by atoms with Crippen LogP contribution >= 0.6 is 22.9 Å². The fourth-order valence-corrected chi connectivity index (χ4v) is 3.39. The van der Waals surface area contributed by atoms with Gasteiger partial charge in [0.1, 0.15) is 5.01 Å². The Morgan fingerprint density at radius 2 is 1.91 bits per heavy atom. The molecule has 0 unspecified atom stereocenters. The molecule has 4 heteroatoms. The molecule has 0 aliphatic rings. The molecule has 0 N–H and O–H groups in total. The van der Waals surface area contributed by atoms with E-state index in [1.165, 1.54) is 0 Å². The molecule has 110 valence electrons. The summed E-state index contributed by atoms with van der Waals surface area (Å²) in [7, 11) is 0. The van der Waals surface area contributed by atoms with Gasteiger partial charge in [0.05, 0.1) is 6.42 Å². The first-order valence-corrected chi connectivity index (χ1v) is 8.16. The van der Waals surface area contributed by atoms with Crippen molar-refractivity contribution in [3.8, 4) is 0 Å². The number of halogens is 1. The van der Waals surface area contributed by atoms with Crippen molar-refractivity contribution >= 4 is 28.7 Å². The molecule has 0 radical (unpaired) electrons. The van der Waals surface area contributed by atoms with E-state index in [0.29, 0.717) is 6.42 Å². The standard InChI is InChI=1S/C18H14ClNOS/c19-15-8-4-5-13(9-15)10-16-12-20-18(22-16)11-17(21)14-6-2-1-3-7-14/h1-9,12H,10-11H2. The molecule has 0 spiro atoms. The zero-order valence-corrected chi connectivity index (χ0v) is 13.4. The highest BCUT2D eigenvalue weighted by Crippen LogP contribution is 2.20. The summed E-state index contributed by atoms with van der Waals surface area (Å²) in [5.74, 6) is 0.101. The summed E-state index contributed by atoms with van der Waals surface area (Å²) in [6.45, 7) is 0. The highest BCUT2D eigenvalue weighted by atomic mass is 35.5. The van der Waals surface area contributed by atoms with Gasteiger partial charge in [-0.1, -0.05) is 54.1 Å². The van der Waals surface area contributed by atoms with Crippen LogP contribution in [0.15, 0.2) is 60.8 Å². The minimum atomic E-state index is 0.101.